The van der Waals surface area contributed by atoms with Gasteiger partial charge in [-0.25, -0.2) is 0 Å². The van der Waals surface area contributed by atoms with Crippen molar-refractivity contribution in [2.24, 2.45) is 23.7 Å². The Bertz CT molecular complexity index is 302. The molecule has 2 rings (SSSR count). The average molecular weight is 279 g/mol. The fourth-order valence-corrected chi connectivity index (χ4v) is 4.59. The number of amides is 1. The van der Waals surface area contributed by atoms with Crippen LogP contribution in [0.25, 0.3) is 0 Å². The molecule has 20 heavy (non-hydrogen) atoms. The minimum atomic E-state index is 0.245. The molecule has 0 aromatic rings. The van der Waals surface area contributed by atoms with Crippen LogP contribution in [0.2, 0.25) is 0 Å². The third-order valence-corrected chi connectivity index (χ3v) is 5.80. The Morgan fingerprint density at radius 1 is 1.15 bits per heavy atom. The molecular formula is C18H33NO. The van der Waals surface area contributed by atoms with Gasteiger partial charge < -0.3 is 5.32 Å². The highest BCUT2D eigenvalue weighted by molar-refractivity contribution is 5.75. The average Bonchev–Trinajstić information content (AvgIpc) is 2.47. The molecule has 4 atom stereocenters. The summed E-state index contributed by atoms with van der Waals surface area (Å²) in [6.07, 6.45) is 12.9. The topological polar surface area (TPSA) is 29.1 Å². The number of hydrogen-bond donors (Lipinski definition) is 1. The van der Waals surface area contributed by atoms with E-state index in [1.54, 1.807) is 0 Å². The molecular weight excluding hydrogens is 246 g/mol. The quantitative estimate of drug-likeness (QED) is 0.760. The lowest BCUT2D eigenvalue weighted by Crippen LogP contribution is -2.36. The number of nitrogens with one attached hydrogen (secondary N) is 1. The molecule has 2 saturated carbocycles. The van der Waals surface area contributed by atoms with Crippen LogP contribution in [0.3, 0.4) is 0 Å². The minimum Gasteiger partial charge on any atom is -0.356 e. The number of fused-ring (bicyclic) bond motifs is 1. The van der Waals surface area contributed by atoms with E-state index < -0.39 is 0 Å². The van der Waals surface area contributed by atoms with Crippen LogP contribution < -0.4 is 5.32 Å². The number of carbonyl (C=O) groups excluding carboxylic acids is 1. The SMILES string of the molecule is CCCC(=O)NCCC1CCCC2CCC(CC)CC12. The van der Waals surface area contributed by atoms with Crippen LogP contribution in [-0.4, -0.2) is 12.5 Å². The highest BCUT2D eigenvalue weighted by Crippen LogP contribution is 2.47. The third kappa shape index (κ3) is 4.23. The molecule has 1 N–H and O–H groups in total. The van der Waals surface area contributed by atoms with E-state index in [0.717, 1.165) is 36.6 Å². The Kier molecular flexibility index (Phi) is 6.38. The second-order valence-corrected chi connectivity index (χ2v) is 7.09. The Morgan fingerprint density at radius 2 is 2.00 bits per heavy atom. The standard InChI is InChI=1S/C18H33NO/c1-3-6-18(20)19-12-11-16-8-5-7-15-10-9-14(4-2)13-17(15)16/h14-17H,3-13H2,1-2H3,(H,19,20). The maximum Gasteiger partial charge on any atom is 0.219 e. The zero-order valence-electron chi connectivity index (χ0n) is 13.5. The van der Waals surface area contributed by atoms with E-state index in [0.29, 0.717) is 6.42 Å². The first-order valence-corrected chi connectivity index (χ1v) is 9.01. The zero-order valence-corrected chi connectivity index (χ0v) is 13.5. The predicted molar refractivity (Wildman–Crippen MR) is 84.5 cm³/mol. The highest BCUT2D eigenvalue weighted by atomic mass is 16.1. The third-order valence-electron chi connectivity index (χ3n) is 5.80. The van der Waals surface area contributed by atoms with Crippen LogP contribution in [0, 0.1) is 23.7 Å². The lowest BCUT2D eigenvalue weighted by Gasteiger charge is -2.44. The van der Waals surface area contributed by atoms with Crippen molar-refractivity contribution in [1.29, 1.82) is 0 Å². The van der Waals surface area contributed by atoms with Crippen LogP contribution in [0.5, 0.6) is 0 Å². The van der Waals surface area contributed by atoms with Crippen LogP contribution in [0.15, 0.2) is 0 Å². The van der Waals surface area contributed by atoms with Gasteiger partial charge in [0.1, 0.15) is 0 Å². The molecule has 2 heteroatoms. The molecule has 2 aliphatic rings. The fraction of sp³-hybridized carbons (Fsp3) is 0.944. The number of carbonyl (C=O) groups is 1. The molecule has 0 aliphatic heterocycles. The van der Waals surface area contributed by atoms with Gasteiger partial charge in [0.05, 0.1) is 0 Å². The van der Waals surface area contributed by atoms with Crippen LogP contribution in [0.4, 0.5) is 0 Å². The van der Waals surface area contributed by atoms with E-state index in [9.17, 15) is 4.79 Å². The summed E-state index contributed by atoms with van der Waals surface area (Å²) in [6, 6.07) is 0. The summed E-state index contributed by atoms with van der Waals surface area (Å²) in [5.41, 5.74) is 0. The molecule has 0 saturated heterocycles. The van der Waals surface area contributed by atoms with E-state index in [4.69, 9.17) is 0 Å². The Morgan fingerprint density at radius 3 is 2.75 bits per heavy atom. The summed E-state index contributed by atoms with van der Waals surface area (Å²) >= 11 is 0. The summed E-state index contributed by atoms with van der Waals surface area (Å²) < 4.78 is 0. The summed E-state index contributed by atoms with van der Waals surface area (Å²) in [7, 11) is 0. The predicted octanol–water partition coefficient (Wildman–Crippen LogP) is 4.54. The van der Waals surface area contributed by atoms with E-state index >= 15 is 0 Å². The maximum absolute atomic E-state index is 11.6. The van der Waals surface area contributed by atoms with Gasteiger partial charge in [-0.1, -0.05) is 46.0 Å². The molecule has 2 fully saturated rings. The van der Waals surface area contributed by atoms with Crippen molar-refractivity contribution in [2.45, 2.75) is 78.1 Å². The Labute approximate surface area is 125 Å². The molecule has 0 spiro atoms. The van der Waals surface area contributed by atoms with Crippen molar-refractivity contribution in [1.82, 2.24) is 5.32 Å². The molecule has 0 radical (unpaired) electrons. The Hall–Kier alpha value is -0.530. The normalized spacial score (nSPS) is 33.5. The van der Waals surface area contributed by atoms with Crippen molar-refractivity contribution >= 4 is 5.91 Å². The van der Waals surface area contributed by atoms with Crippen LogP contribution in [-0.2, 0) is 4.79 Å². The first kappa shape index (κ1) is 15.9. The van der Waals surface area contributed by atoms with Gasteiger partial charge in [0.2, 0.25) is 5.91 Å². The van der Waals surface area contributed by atoms with Crippen LogP contribution >= 0.6 is 0 Å². The lowest BCUT2D eigenvalue weighted by molar-refractivity contribution is -0.121. The van der Waals surface area contributed by atoms with Gasteiger partial charge in [0.15, 0.2) is 0 Å². The van der Waals surface area contributed by atoms with Crippen molar-refractivity contribution < 1.29 is 4.79 Å². The molecule has 0 bridgehead atoms. The van der Waals surface area contributed by atoms with Crippen LogP contribution in [0.1, 0.15) is 78.1 Å². The molecule has 0 aromatic carbocycles. The molecule has 1 amide bonds. The minimum absolute atomic E-state index is 0.245. The van der Waals surface area contributed by atoms with E-state index in [1.807, 2.05) is 0 Å². The van der Waals surface area contributed by atoms with E-state index in [1.165, 1.54) is 51.4 Å². The second kappa shape index (κ2) is 8.05. The van der Waals surface area contributed by atoms with Gasteiger partial charge in [-0.2, -0.15) is 0 Å². The molecule has 0 heterocycles. The van der Waals surface area contributed by atoms with Crippen molar-refractivity contribution in [3.63, 3.8) is 0 Å². The lowest BCUT2D eigenvalue weighted by atomic mass is 9.62. The van der Waals surface area contributed by atoms with Gasteiger partial charge in [-0.05, 0) is 49.4 Å². The van der Waals surface area contributed by atoms with Gasteiger partial charge in [0, 0.05) is 13.0 Å². The van der Waals surface area contributed by atoms with E-state index in [2.05, 4.69) is 19.2 Å². The number of rotatable bonds is 6. The van der Waals surface area contributed by atoms with Gasteiger partial charge >= 0.3 is 0 Å². The van der Waals surface area contributed by atoms with Gasteiger partial charge in [0.25, 0.3) is 0 Å². The zero-order chi connectivity index (χ0) is 14.4. The second-order valence-electron chi connectivity index (χ2n) is 7.09. The van der Waals surface area contributed by atoms with Gasteiger partial charge in [-0.15, -0.1) is 0 Å². The Balaban J connectivity index is 1.78. The van der Waals surface area contributed by atoms with Crippen molar-refractivity contribution in [3.05, 3.63) is 0 Å². The molecule has 0 aromatic heterocycles. The maximum atomic E-state index is 11.6. The monoisotopic (exact) mass is 279 g/mol. The smallest absolute Gasteiger partial charge is 0.219 e. The van der Waals surface area contributed by atoms with E-state index in [-0.39, 0.29) is 5.91 Å². The largest absolute Gasteiger partial charge is 0.356 e. The first-order valence-electron chi connectivity index (χ1n) is 9.01. The highest BCUT2D eigenvalue weighted by Gasteiger charge is 2.37. The van der Waals surface area contributed by atoms with Gasteiger partial charge in [-0.3, -0.25) is 4.79 Å². The fourth-order valence-electron chi connectivity index (χ4n) is 4.59. The molecule has 116 valence electrons. The molecule has 4 unspecified atom stereocenters. The molecule has 2 aliphatic carbocycles. The first-order chi connectivity index (χ1) is 9.74. The number of hydrogen-bond acceptors (Lipinski definition) is 1. The van der Waals surface area contributed by atoms with Crippen molar-refractivity contribution in [2.75, 3.05) is 6.54 Å². The molecule has 2 nitrogen and oxygen atoms in total. The van der Waals surface area contributed by atoms with Crippen molar-refractivity contribution in [3.8, 4) is 0 Å². The summed E-state index contributed by atoms with van der Waals surface area (Å²) in [5, 5.41) is 3.11. The summed E-state index contributed by atoms with van der Waals surface area (Å²) in [4.78, 5) is 11.6. The summed E-state index contributed by atoms with van der Waals surface area (Å²) in [6.45, 7) is 5.33. The summed E-state index contributed by atoms with van der Waals surface area (Å²) in [5.74, 6) is 4.07.